The summed E-state index contributed by atoms with van der Waals surface area (Å²) in [6.07, 6.45) is 2.69. The monoisotopic (exact) mass is 343 g/mol. The van der Waals surface area contributed by atoms with Gasteiger partial charge in [-0.1, -0.05) is 53.9 Å². The minimum absolute atomic E-state index is 0.167. The Morgan fingerprint density at radius 3 is 2.75 bits per heavy atom. The average molecular weight is 344 g/mol. The van der Waals surface area contributed by atoms with Crippen LogP contribution in [-0.4, -0.2) is 20.4 Å². The Bertz CT molecular complexity index is 598. The number of thioether (sulfide) groups is 2. The Balaban J connectivity index is 1.60. The lowest BCUT2D eigenvalue weighted by Crippen LogP contribution is -1.94. The molecule has 1 atom stereocenters. The number of nitrogens with zero attached hydrogens (tertiary/aromatic N) is 1. The van der Waals surface area contributed by atoms with Gasteiger partial charge in [-0.15, -0.1) is 23.2 Å². The van der Waals surface area contributed by atoms with Crippen LogP contribution in [0.4, 0.5) is 0 Å². The van der Waals surface area contributed by atoms with Crippen molar-refractivity contribution in [3.63, 3.8) is 0 Å². The van der Waals surface area contributed by atoms with E-state index in [-0.39, 0.29) is 5.91 Å². The van der Waals surface area contributed by atoms with Crippen molar-refractivity contribution < 1.29 is 4.79 Å². The zero-order valence-electron chi connectivity index (χ0n) is 10.4. The predicted molar refractivity (Wildman–Crippen MR) is 89.5 cm³/mol. The summed E-state index contributed by atoms with van der Waals surface area (Å²) in [7, 11) is 0. The summed E-state index contributed by atoms with van der Waals surface area (Å²) in [4.78, 5) is 16.6. The highest BCUT2D eigenvalue weighted by atomic mass is 35.5. The van der Waals surface area contributed by atoms with E-state index in [2.05, 4.69) is 4.99 Å². The summed E-state index contributed by atoms with van der Waals surface area (Å²) in [6, 6.07) is 9.77. The number of hydrogen-bond donors (Lipinski definition) is 0. The third-order valence-corrected chi connectivity index (χ3v) is 6.28. The lowest BCUT2D eigenvalue weighted by Gasteiger charge is -1.99. The van der Waals surface area contributed by atoms with Crippen molar-refractivity contribution in [1.82, 2.24) is 0 Å². The van der Waals surface area contributed by atoms with Gasteiger partial charge in [-0.3, -0.25) is 4.79 Å². The van der Waals surface area contributed by atoms with Crippen LogP contribution in [0, 0.1) is 5.92 Å². The maximum atomic E-state index is 11.8. The van der Waals surface area contributed by atoms with Crippen LogP contribution in [-0.2, 0) is 4.79 Å². The van der Waals surface area contributed by atoms with Crippen LogP contribution in [0.25, 0.3) is 6.08 Å². The molecule has 1 aliphatic carbocycles. The van der Waals surface area contributed by atoms with Crippen LogP contribution in [0.15, 0.2) is 40.2 Å². The van der Waals surface area contributed by atoms with Crippen molar-refractivity contribution in [3.8, 4) is 0 Å². The van der Waals surface area contributed by atoms with E-state index in [1.807, 2.05) is 36.4 Å². The van der Waals surface area contributed by atoms with Crippen LogP contribution in [0.2, 0.25) is 0 Å². The number of alkyl halides is 2. The van der Waals surface area contributed by atoms with Crippen LogP contribution in [0.1, 0.15) is 12.0 Å². The van der Waals surface area contributed by atoms with E-state index in [0.29, 0.717) is 10.8 Å². The Hall–Kier alpha value is -0.420. The smallest absolute Gasteiger partial charge is 0.266 e. The maximum absolute atomic E-state index is 11.8. The molecule has 0 radical (unpaired) electrons. The van der Waals surface area contributed by atoms with Crippen LogP contribution >= 0.6 is 46.7 Å². The highest BCUT2D eigenvalue weighted by Gasteiger charge is 2.51. The van der Waals surface area contributed by atoms with E-state index in [9.17, 15) is 4.79 Å². The number of halogens is 2. The molecular weight excluding hydrogens is 333 g/mol. The first kappa shape index (κ1) is 14.5. The van der Waals surface area contributed by atoms with Crippen LogP contribution < -0.4 is 0 Å². The van der Waals surface area contributed by atoms with Gasteiger partial charge in [-0.2, -0.15) is 4.99 Å². The first-order chi connectivity index (χ1) is 9.54. The molecule has 6 heteroatoms. The van der Waals surface area contributed by atoms with Gasteiger partial charge in [0.25, 0.3) is 5.91 Å². The summed E-state index contributed by atoms with van der Waals surface area (Å²) < 4.78 is 0.219. The molecule has 20 heavy (non-hydrogen) atoms. The Labute approximate surface area is 136 Å². The maximum Gasteiger partial charge on any atom is 0.285 e. The quantitative estimate of drug-likeness (QED) is 0.594. The molecule has 0 saturated heterocycles. The molecule has 0 spiro atoms. The van der Waals surface area contributed by atoms with E-state index < -0.39 is 4.33 Å². The van der Waals surface area contributed by atoms with Gasteiger partial charge in [0, 0.05) is 11.7 Å². The van der Waals surface area contributed by atoms with E-state index in [1.165, 1.54) is 11.8 Å². The molecule has 1 heterocycles. The van der Waals surface area contributed by atoms with Crippen molar-refractivity contribution in [3.05, 3.63) is 40.8 Å². The molecule has 0 bridgehead atoms. The Morgan fingerprint density at radius 2 is 2.10 bits per heavy atom. The number of aliphatic imine (C=N–C) groups is 1. The molecule has 104 valence electrons. The topological polar surface area (TPSA) is 29.4 Å². The number of benzene rings is 1. The van der Waals surface area contributed by atoms with Crippen LogP contribution in [0.3, 0.4) is 0 Å². The SMILES string of the molecule is O=C1N=C(SCC2CC2(Cl)Cl)S/C1=C\c1ccccc1. The van der Waals surface area contributed by atoms with Gasteiger partial charge in [0.1, 0.15) is 8.71 Å². The first-order valence-electron chi connectivity index (χ1n) is 6.13. The predicted octanol–water partition coefficient (Wildman–Crippen LogP) is 4.58. The fraction of sp³-hybridized carbons (Fsp3) is 0.286. The third-order valence-electron chi connectivity index (χ3n) is 3.06. The standard InChI is InChI=1S/C14H11Cl2NOS2/c15-14(16)7-10(14)8-19-13-17-12(18)11(20-13)6-9-4-2-1-3-5-9/h1-6,10H,7-8H2/b11-6-. The lowest BCUT2D eigenvalue weighted by molar-refractivity contribution is -0.113. The number of carbonyl (C=O) groups excluding carboxylic acids is 1. The number of amides is 1. The molecule has 0 aromatic heterocycles. The minimum atomic E-state index is -0.566. The molecule has 1 amide bonds. The zero-order valence-corrected chi connectivity index (χ0v) is 13.5. The largest absolute Gasteiger partial charge is 0.285 e. The summed E-state index contributed by atoms with van der Waals surface area (Å²) in [5.41, 5.74) is 1.01. The van der Waals surface area contributed by atoms with E-state index in [4.69, 9.17) is 23.2 Å². The van der Waals surface area contributed by atoms with Crippen molar-refractivity contribution in [1.29, 1.82) is 0 Å². The molecule has 1 aromatic rings. The second-order valence-corrected chi connectivity index (χ2v) is 8.52. The fourth-order valence-electron chi connectivity index (χ4n) is 1.77. The van der Waals surface area contributed by atoms with Gasteiger partial charge < -0.3 is 0 Å². The molecule has 0 N–H and O–H groups in total. The summed E-state index contributed by atoms with van der Waals surface area (Å²) in [5.74, 6) is 0.946. The van der Waals surface area contributed by atoms with Gasteiger partial charge in [0.2, 0.25) is 0 Å². The van der Waals surface area contributed by atoms with Crippen molar-refractivity contribution in [2.45, 2.75) is 10.8 Å². The molecule has 1 saturated carbocycles. The Morgan fingerprint density at radius 1 is 1.40 bits per heavy atom. The van der Waals surface area contributed by atoms with Gasteiger partial charge in [-0.05, 0) is 18.1 Å². The van der Waals surface area contributed by atoms with Crippen molar-refractivity contribution >= 4 is 63.1 Å². The Kier molecular flexibility index (Phi) is 4.18. The second-order valence-electron chi connectivity index (χ2n) is 4.68. The molecule has 1 aliphatic heterocycles. The second kappa shape index (κ2) is 5.76. The summed E-state index contributed by atoms with van der Waals surface area (Å²) >= 11 is 14.9. The van der Waals surface area contributed by atoms with Crippen LogP contribution in [0.5, 0.6) is 0 Å². The molecule has 1 fully saturated rings. The van der Waals surface area contributed by atoms with E-state index in [1.54, 1.807) is 11.8 Å². The summed E-state index contributed by atoms with van der Waals surface area (Å²) in [5, 5.41) is 0. The third kappa shape index (κ3) is 3.42. The minimum Gasteiger partial charge on any atom is -0.266 e. The first-order valence-corrected chi connectivity index (χ1v) is 8.69. The lowest BCUT2D eigenvalue weighted by atomic mass is 10.2. The summed E-state index contributed by atoms with van der Waals surface area (Å²) in [6.45, 7) is 0. The zero-order chi connectivity index (χ0) is 14.2. The van der Waals surface area contributed by atoms with E-state index in [0.717, 1.165) is 22.1 Å². The van der Waals surface area contributed by atoms with Gasteiger partial charge in [-0.25, -0.2) is 0 Å². The fourth-order valence-corrected chi connectivity index (χ4v) is 4.73. The molecule has 1 unspecified atom stereocenters. The molecule has 2 nitrogen and oxygen atoms in total. The normalized spacial score (nSPS) is 25.9. The highest BCUT2D eigenvalue weighted by molar-refractivity contribution is 8.41. The average Bonchev–Trinajstić information content (AvgIpc) is 2.88. The van der Waals surface area contributed by atoms with Gasteiger partial charge in [0.05, 0.1) is 4.91 Å². The molecule has 1 aromatic carbocycles. The molecule has 3 rings (SSSR count). The van der Waals surface area contributed by atoms with Crippen molar-refractivity contribution in [2.24, 2.45) is 10.9 Å². The number of rotatable bonds is 3. The molecular formula is C14H11Cl2NOS2. The van der Waals surface area contributed by atoms with Gasteiger partial charge >= 0.3 is 0 Å². The van der Waals surface area contributed by atoms with Crippen molar-refractivity contribution in [2.75, 3.05) is 5.75 Å². The molecule has 2 aliphatic rings. The number of hydrogen-bond acceptors (Lipinski definition) is 3. The number of carbonyl (C=O) groups is 1. The van der Waals surface area contributed by atoms with Gasteiger partial charge in [0.15, 0.2) is 0 Å². The highest BCUT2D eigenvalue weighted by Crippen LogP contribution is 2.54. The van der Waals surface area contributed by atoms with E-state index >= 15 is 0 Å².